The zero-order valence-corrected chi connectivity index (χ0v) is 15.1. The average Bonchev–Trinajstić information content (AvgIpc) is 3.00. The minimum Gasteiger partial charge on any atom is -0.368 e. The first-order chi connectivity index (χ1) is 13.5. The van der Waals surface area contributed by atoms with E-state index in [9.17, 15) is 14.0 Å². The number of carbonyl (C=O) groups excluding carboxylic acids is 2. The van der Waals surface area contributed by atoms with Gasteiger partial charge < -0.3 is 11.1 Å². The number of hydrogen-bond donors (Lipinski definition) is 2. The van der Waals surface area contributed by atoms with Gasteiger partial charge in [0.2, 0.25) is 11.8 Å². The number of amides is 2. The Morgan fingerprint density at radius 1 is 0.929 bits per heavy atom. The molecule has 0 unspecified atom stereocenters. The Hall–Kier alpha value is -3.47. The van der Waals surface area contributed by atoms with Crippen LogP contribution in [0, 0.1) is 5.82 Å². The minimum absolute atomic E-state index is 0.0302. The Kier molecular flexibility index (Phi) is 4.65. The van der Waals surface area contributed by atoms with Crippen LogP contribution in [0.3, 0.4) is 0 Å². The monoisotopic (exact) mass is 374 g/mol. The number of benzene rings is 3. The maximum absolute atomic E-state index is 13.4. The smallest absolute Gasteiger partial charge is 0.240 e. The van der Waals surface area contributed by atoms with Gasteiger partial charge in [0.25, 0.3) is 0 Å². The molecular weight excluding hydrogens is 355 g/mol. The van der Waals surface area contributed by atoms with Crippen LogP contribution in [0.2, 0.25) is 0 Å². The number of fused-ring (bicyclic) bond motifs is 3. The van der Waals surface area contributed by atoms with Crippen LogP contribution in [-0.2, 0) is 16.0 Å². The molecule has 0 fully saturated rings. The van der Waals surface area contributed by atoms with Gasteiger partial charge in [-0.3, -0.25) is 9.59 Å². The van der Waals surface area contributed by atoms with Gasteiger partial charge in [0.1, 0.15) is 11.9 Å². The van der Waals surface area contributed by atoms with Gasteiger partial charge in [0, 0.05) is 5.92 Å². The van der Waals surface area contributed by atoms with Crippen molar-refractivity contribution in [3.05, 3.63) is 95.3 Å². The molecule has 1 aliphatic carbocycles. The molecule has 1 atom stereocenters. The molecule has 5 heteroatoms. The first-order valence-corrected chi connectivity index (χ1v) is 9.06. The van der Waals surface area contributed by atoms with Gasteiger partial charge in [0.05, 0.1) is 6.42 Å². The molecule has 140 valence electrons. The molecule has 0 aliphatic heterocycles. The molecule has 0 radical (unpaired) electrons. The van der Waals surface area contributed by atoms with Crippen LogP contribution in [0.15, 0.2) is 72.8 Å². The van der Waals surface area contributed by atoms with Crippen LogP contribution in [0.4, 0.5) is 4.39 Å². The van der Waals surface area contributed by atoms with E-state index in [-0.39, 0.29) is 18.2 Å². The SMILES string of the molecule is NC(=O)[C@H](NC(=O)Cc1cccc(F)c1)C1c2ccccc2-c2ccccc21. The molecule has 28 heavy (non-hydrogen) atoms. The summed E-state index contributed by atoms with van der Waals surface area (Å²) in [4.78, 5) is 24.9. The Morgan fingerprint density at radius 3 is 2.11 bits per heavy atom. The maximum Gasteiger partial charge on any atom is 0.240 e. The molecule has 0 saturated carbocycles. The molecule has 3 aromatic rings. The fraction of sp³-hybridized carbons (Fsp3) is 0.130. The van der Waals surface area contributed by atoms with Crippen molar-refractivity contribution < 1.29 is 14.0 Å². The van der Waals surface area contributed by atoms with Crippen molar-refractivity contribution in [2.75, 3.05) is 0 Å². The second-order valence-corrected chi connectivity index (χ2v) is 6.91. The summed E-state index contributed by atoms with van der Waals surface area (Å²) >= 11 is 0. The second-order valence-electron chi connectivity index (χ2n) is 6.91. The number of carbonyl (C=O) groups is 2. The van der Waals surface area contributed by atoms with Crippen LogP contribution in [0.5, 0.6) is 0 Å². The van der Waals surface area contributed by atoms with Crippen LogP contribution in [0.1, 0.15) is 22.6 Å². The summed E-state index contributed by atoms with van der Waals surface area (Å²) in [5.41, 5.74) is 10.2. The van der Waals surface area contributed by atoms with Crippen LogP contribution >= 0.6 is 0 Å². The number of rotatable bonds is 5. The average molecular weight is 374 g/mol. The molecule has 1 aliphatic rings. The lowest BCUT2D eigenvalue weighted by atomic mass is 9.88. The van der Waals surface area contributed by atoms with E-state index in [0.717, 1.165) is 22.3 Å². The van der Waals surface area contributed by atoms with Crippen molar-refractivity contribution in [3.63, 3.8) is 0 Å². The molecule has 0 saturated heterocycles. The van der Waals surface area contributed by atoms with Gasteiger partial charge >= 0.3 is 0 Å². The Labute approximate surface area is 162 Å². The largest absolute Gasteiger partial charge is 0.368 e. The lowest BCUT2D eigenvalue weighted by Crippen LogP contribution is -2.48. The van der Waals surface area contributed by atoms with Crippen LogP contribution in [0.25, 0.3) is 11.1 Å². The molecule has 0 aromatic heterocycles. The van der Waals surface area contributed by atoms with E-state index < -0.39 is 17.8 Å². The summed E-state index contributed by atoms with van der Waals surface area (Å²) in [6.45, 7) is 0. The maximum atomic E-state index is 13.4. The standard InChI is InChI=1S/C23H19FN2O2/c24-15-7-5-6-14(12-15)13-20(27)26-22(23(25)28)21-18-10-3-1-8-16(18)17-9-2-4-11-19(17)21/h1-12,21-22H,13H2,(H2,25,28)(H,26,27)/t22-/m1/s1. The molecule has 0 heterocycles. The Balaban J connectivity index is 1.65. The fourth-order valence-corrected chi connectivity index (χ4v) is 3.93. The highest BCUT2D eigenvalue weighted by molar-refractivity contribution is 5.91. The van der Waals surface area contributed by atoms with E-state index in [1.165, 1.54) is 12.1 Å². The highest BCUT2D eigenvalue weighted by Crippen LogP contribution is 2.46. The Morgan fingerprint density at radius 2 is 1.54 bits per heavy atom. The van der Waals surface area contributed by atoms with Crippen molar-refractivity contribution in [2.24, 2.45) is 5.73 Å². The van der Waals surface area contributed by atoms with Crippen molar-refractivity contribution in [1.29, 1.82) is 0 Å². The van der Waals surface area contributed by atoms with Gasteiger partial charge in [-0.05, 0) is 39.9 Å². The van der Waals surface area contributed by atoms with Gasteiger partial charge in [-0.25, -0.2) is 4.39 Å². The van der Waals surface area contributed by atoms with Crippen LogP contribution < -0.4 is 11.1 Å². The highest BCUT2D eigenvalue weighted by Gasteiger charge is 2.37. The van der Waals surface area contributed by atoms with Gasteiger partial charge in [-0.15, -0.1) is 0 Å². The molecule has 4 rings (SSSR count). The molecular formula is C23H19FN2O2. The van der Waals surface area contributed by atoms with E-state index in [1.54, 1.807) is 12.1 Å². The molecule has 2 amide bonds. The van der Waals surface area contributed by atoms with Crippen molar-refractivity contribution in [1.82, 2.24) is 5.32 Å². The molecule has 0 bridgehead atoms. The van der Waals surface area contributed by atoms with Gasteiger partial charge in [-0.2, -0.15) is 0 Å². The predicted molar refractivity (Wildman–Crippen MR) is 105 cm³/mol. The summed E-state index contributed by atoms with van der Waals surface area (Å²) in [6.07, 6.45) is -0.0302. The number of nitrogens with one attached hydrogen (secondary N) is 1. The minimum atomic E-state index is -0.897. The number of primary amides is 1. The van der Waals surface area contributed by atoms with Crippen molar-refractivity contribution in [3.8, 4) is 11.1 Å². The summed E-state index contributed by atoms with van der Waals surface area (Å²) in [6, 6.07) is 20.6. The third-order valence-corrected chi connectivity index (χ3v) is 5.09. The second kappa shape index (κ2) is 7.27. The number of halogens is 1. The summed E-state index contributed by atoms with van der Waals surface area (Å²) in [5.74, 6) is -1.75. The van der Waals surface area contributed by atoms with E-state index in [1.807, 2.05) is 48.5 Å². The summed E-state index contributed by atoms with van der Waals surface area (Å²) in [5, 5.41) is 2.77. The number of hydrogen-bond acceptors (Lipinski definition) is 2. The normalized spacial score (nSPS) is 13.5. The third-order valence-electron chi connectivity index (χ3n) is 5.09. The third kappa shape index (κ3) is 3.27. The van der Waals surface area contributed by atoms with Gasteiger partial charge in [0.15, 0.2) is 0 Å². The molecule has 3 aromatic carbocycles. The molecule has 3 N–H and O–H groups in total. The van der Waals surface area contributed by atoms with E-state index in [2.05, 4.69) is 5.32 Å². The fourth-order valence-electron chi connectivity index (χ4n) is 3.93. The topological polar surface area (TPSA) is 72.2 Å². The Bertz CT molecular complexity index is 1020. The number of nitrogens with two attached hydrogens (primary N) is 1. The predicted octanol–water partition coefficient (Wildman–Crippen LogP) is 3.15. The molecule has 4 nitrogen and oxygen atoms in total. The summed E-state index contributed by atoms with van der Waals surface area (Å²) < 4.78 is 13.4. The lowest BCUT2D eigenvalue weighted by Gasteiger charge is -2.24. The quantitative estimate of drug-likeness (QED) is 0.720. The summed E-state index contributed by atoms with van der Waals surface area (Å²) in [7, 11) is 0. The lowest BCUT2D eigenvalue weighted by molar-refractivity contribution is -0.127. The van der Waals surface area contributed by atoms with E-state index >= 15 is 0 Å². The van der Waals surface area contributed by atoms with E-state index in [0.29, 0.717) is 5.56 Å². The molecule has 0 spiro atoms. The van der Waals surface area contributed by atoms with E-state index in [4.69, 9.17) is 5.73 Å². The highest BCUT2D eigenvalue weighted by atomic mass is 19.1. The van der Waals surface area contributed by atoms with Crippen molar-refractivity contribution >= 4 is 11.8 Å². The zero-order chi connectivity index (χ0) is 19.7. The first kappa shape index (κ1) is 17.9. The first-order valence-electron chi connectivity index (χ1n) is 9.06. The van der Waals surface area contributed by atoms with Crippen LogP contribution in [-0.4, -0.2) is 17.9 Å². The van der Waals surface area contributed by atoms with Crippen molar-refractivity contribution in [2.45, 2.75) is 18.4 Å². The zero-order valence-electron chi connectivity index (χ0n) is 15.1. The van der Waals surface area contributed by atoms with Gasteiger partial charge in [-0.1, -0.05) is 60.7 Å².